The van der Waals surface area contributed by atoms with Gasteiger partial charge < -0.3 is 28.5 Å². The van der Waals surface area contributed by atoms with Crippen molar-refractivity contribution in [3.63, 3.8) is 0 Å². The van der Waals surface area contributed by atoms with Gasteiger partial charge in [0.15, 0.2) is 12.2 Å². The number of hydrogen-bond donors (Lipinski definition) is 0. The van der Waals surface area contributed by atoms with Crippen LogP contribution in [0.15, 0.2) is 33.9 Å². The minimum Gasteiger partial charge on any atom is -0.463 e. The molecule has 0 N–H and O–H groups in total. The van der Waals surface area contributed by atoms with Gasteiger partial charge in [0.05, 0.1) is 0 Å². The highest BCUT2D eigenvalue weighted by atomic mass is 79.9. The second-order valence-corrected chi connectivity index (χ2v) is 9.41. The summed E-state index contributed by atoms with van der Waals surface area (Å²) in [6, 6.07) is 7.17. The number of carbonyl (C=O) groups excluding carboxylic acids is 4. The van der Waals surface area contributed by atoms with Crippen molar-refractivity contribution in [2.45, 2.75) is 57.2 Å². The van der Waals surface area contributed by atoms with Gasteiger partial charge in [-0.25, -0.2) is 0 Å². The van der Waals surface area contributed by atoms with Gasteiger partial charge in [-0.3, -0.25) is 19.2 Å². The summed E-state index contributed by atoms with van der Waals surface area (Å²) in [6.07, 6.45) is -5.17. The van der Waals surface area contributed by atoms with E-state index in [-0.39, 0.29) is 6.61 Å². The first-order valence-corrected chi connectivity index (χ1v) is 11.7. The van der Waals surface area contributed by atoms with Gasteiger partial charge in [-0.15, -0.1) is 0 Å². The number of ether oxygens (including phenoxy) is 5. The van der Waals surface area contributed by atoms with Crippen LogP contribution in [0.3, 0.4) is 0 Å². The fourth-order valence-electron chi connectivity index (χ4n) is 3.37. The van der Waals surface area contributed by atoms with Gasteiger partial charge in [-0.2, -0.15) is 0 Å². The van der Waals surface area contributed by atoms with E-state index in [9.17, 15) is 19.2 Å². The second kappa shape index (κ2) is 10.7. The quantitative estimate of drug-likeness (QED) is 0.375. The summed E-state index contributed by atoms with van der Waals surface area (Å²) in [5.41, 5.74) is 0.679. The van der Waals surface area contributed by atoms with Crippen molar-refractivity contribution in [1.29, 1.82) is 0 Å². The number of nitrogens with zero attached hydrogens (tertiary/aromatic N) is 1. The molecule has 184 valence electrons. The van der Waals surface area contributed by atoms with Crippen LogP contribution in [0.5, 0.6) is 0 Å². The Morgan fingerprint density at radius 3 is 2.09 bits per heavy atom. The maximum absolute atomic E-state index is 12.0. The molecule has 1 saturated heterocycles. The number of rotatable bonds is 6. The van der Waals surface area contributed by atoms with Crippen LogP contribution in [-0.2, 0) is 47.7 Å². The lowest BCUT2D eigenvalue weighted by Gasteiger charge is -2.47. The predicted molar refractivity (Wildman–Crippen MR) is 120 cm³/mol. The summed E-state index contributed by atoms with van der Waals surface area (Å²) in [6.45, 7) is 4.28. The molecule has 0 bridgehead atoms. The summed E-state index contributed by atoms with van der Waals surface area (Å²) in [5.74, 6) is -2.80. The molecular formula is C21H22BrNO10S. The fraction of sp³-hybridized carbons (Fsp3) is 0.476. The Morgan fingerprint density at radius 2 is 1.53 bits per heavy atom. The molecule has 0 radical (unpaired) electrons. The molecule has 5 atom stereocenters. The van der Waals surface area contributed by atoms with E-state index in [0.717, 1.165) is 37.0 Å². The van der Waals surface area contributed by atoms with Crippen molar-refractivity contribution >= 4 is 56.6 Å². The monoisotopic (exact) mass is 559 g/mol. The number of hydrogen-bond acceptors (Lipinski definition) is 12. The molecule has 11 nitrogen and oxygen atoms in total. The van der Waals surface area contributed by atoms with Crippen LogP contribution >= 0.6 is 27.7 Å². The van der Waals surface area contributed by atoms with Gasteiger partial charge >= 0.3 is 29.0 Å². The summed E-state index contributed by atoms with van der Waals surface area (Å²) in [4.78, 5) is 52.9. The zero-order chi connectivity index (χ0) is 25.0. The number of halogens is 1. The Hall–Kier alpha value is -2.64. The van der Waals surface area contributed by atoms with Crippen LogP contribution in [0.1, 0.15) is 33.3 Å². The molecule has 2 aliphatic rings. The first-order chi connectivity index (χ1) is 16.0. The van der Waals surface area contributed by atoms with Crippen molar-refractivity contribution in [2.24, 2.45) is 5.16 Å². The highest BCUT2D eigenvalue weighted by Gasteiger charge is 2.65. The number of oxime groups is 1. The number of thioether (sulfide) groups is 1. The lowest BCUT2D eigenvalue weighted by molar-refractivity contribution is -0.323. The van der Waals surface area contributed by atoms with Gasteiger partial charge in [-0.05, 0) is 23.9 Å². The van der Waals surface area contributed by atoms with Crippen molar-refractivity contribution in [3.05, 3.63) is 34.3 Å². The zero-order valence-corrected chi connectivity index (χ0v) is 21.0. The minimum atomic E-state index is -1.82. The predicted octanol–water partition coefficient (Wildman–Crippen LogP) is 2.28. The number of esters is 4. The van der Waals surface area contributed by atoms with E-state index in [4.69, 9.17) is 28.5 Å². The third kappa shape index (κ3) is 6.07. The Bertz CT molecular complexity index is 1000. The van der Waals surface area contributed by atoms with Crippen LogP contribution in [0, 0.1) is 0 Å². The van der Waals surface area contributed by atoms with Crippen LogP contribution in [0.4, 0.5) is 0 Å². The highest BCUT2D eigenvalue weighted by molar-refractivity contribution is 9.10. The molecule has 34 heavy (non-hydrogen) atoms. The highest BCUT2D eigenvalue weighted by Crippen LogP contribution is 2.48. The molecule has 0 amide bonds. The number of benzene rings is 1. The lowest BCUT2D eigenvalue weighted by atomic mass is 9.98. The van der Waals surface area contributed by atoms with E-state index in [1.807, 2.05) is 0 Å². The van der Waals surface area contributed by atoms with Crippen LogP contribution in [-0.4, -0.2) is 65.1 Å². The standard InChI is InChI=1S/C21H22BrNO10S/c1-10(24)28-9-16-17(29-11(2)25)18(30-12(3)26)19(31-13(4)27)21(32-16)33-23-20(34-21)14-5-7-15(22)8-6-14/h5-8,16-19H,9H2,1-4H3/t16-,17-,18+,19-,21+/m1/s1. The van der Waals surface area contributed by atoms with Crippen molar-refractivity contribution in [2.75, 3.05) is 6.61 Å². The maximum atomic E-state index is 12.0. The van der Waals surface area contributed by atoms with Gasteiger partial charge in [0.25, 0.3) is 0 Å². The van der Waals surface area contributed by atoms with Gasteiger partial charge in [0, 0.05) is 37.7 Å². The fourth-order valence-corrected chi connectivity index (χ4v) is 4.78. The van der Waals surface area contributed by atoms with E-state index in [1.54, 1.807) is 24.3 Å². The molecule has 0 aromatic heterocycles. The Labute approximate surface area is 207 Å². The Kier molecular flexibility index (Phi) is 8.21. The second-order valence-electron chi connectivity index (χ2n) is 7.34. The van der Waals surface area contributed by atoms with E-state index in [2.05, 4.69) is 21.1 Å². The van der Waals surface area contributed by atoms with Gasteiger partial charge in [-0.1, -0.05) is 33.2 Å². The molecule has 0 saturated carbocycles. The van der Waals surface area contributed by atoms with Crippen LogP contribution in [0.25, 0.3) is 0 Å². The van der Waals surface area contributed by atoms with E-state index in [0.29, 0.717) is 10.6 Å². The topological polar surface area (TPSA) is 136 Å². The first-order valence-electron chi connectivity index (χ1n) is 10.0. The first kappa shape index (κ1) is 26.0. The van der Waals surface area contributed by atoms with Crippen LogP contribution < -0.4 is 0 Å². The lowest BCUT2D eigenvalue weighted by Crippen LogP contribution is -2.67. The SMILES string of the molecule is CC(=O)OC[C@H]1O[C@]2(ON=C(c3ccc(Br)cc3)S2)[C@H](OC(C)=O)[C@@H](OC(C)=O)[C@@H]1OC(C)=O. The Morgan fingerprint density at radius 1 is 0.941 bits per heavy atom. The maximum Gasteiger partial charge on any atom is 0.332 e. The molecular weight excluding hydrogens is 538 g/mol. The normalized spacial score (nSPS) is 27.9. The molecule has 0 unspecified atom stereocenters. The minimum absolute atomic E-state index is 0.364. The summed E-state index contributed by atoms with van der Waals surface area (Å²) >= 11 is 4.34. The summed E-state index contributed by atoms with van der Waals surface area (Å²) in [5, 5.41) is 2.66. The average molecular weight is 560 g/mol. The summed E-state index contributed by atoms with van der Waals surface area (Å²) in [7, 11) is 0. The molecule has 0 aliphatic carbocycles. The molecule has 2 heterocycles. The van der Waals surface area contributed by atoms with Crippen molar-refractivity contribution in [1.82, 2.24) is 0 Å². The van der Waals surface area contributed by atoms with E-state index in [1.165, 1.54) is 6.92 Å². The smallest absolute Gasteiger partial charge is 0.332 e. The van der Waals surface area contributed by atoms with Crippen LogP contribution in [0.2, 0.25) is 0 Å². The van der Waals surface area contributed by atoms with Gasteiger partial charge in [0.1, 0.15) is 17.8 Å². The molecule has 1 spiro atoms. The third-order valence-corrected chi connectivity index (χ3v) is 6.31. The van der Waals surface area contributed by atoms with Gasteiger partial charge in [0.2, 0.25) is 6.10 Å². The van der Waals surface area contributed by atoms with Crippen molar-refractivity contribution < 1.29 is 47.7 Å². The van der Waals surface area contributed by atoms with E-state index >= 15 is 0 Å². The third-order valence-electron chi connectivity index (χ3n) is 4.59. The molecule has 1 aromatic carbocycles. The van der Waals surface area contributed by atoms with Crippen molar-refractivity contribution in [3.8, 4) is 0 Å². The molecule has 1 aromatic rings. The van der Waals surface area contributed by atoms with E-state index < -0.39 is 53.4 Å². The molecule has 1 fully saturated rings. The molecule has 3 rings (SSSR count). The zero-order valence-electron chi connectivity index (χ0n) is 18.6. The largest absolute Gasteiger partial charge is 0.463 e. The molecule has 2 aliphatic heterocycles. The molecule has 13 heteroatoms. The number of carbonyl (C=O) groups is 4. The Balaban J connectivity index is 2.02. The average Bonchev–Trinajstić information content (AvgIpc) is 3.16. The summed E-state index contributed by atoms with van der Waals surface area (Å²) < 4.78 is 28.3.